The number of amides is 1. The van der Waals surface area contributed by atoms with Crippen molar-refractivity contribution in [1.82, 2.24) is 14.9 Å². The van der Waals surface area contributed by atoms with E-state index in [1.807, 2.05) is 20.8 Å². The van der Waals surface area contributed by atoms with Gasteiger partial charge in [-0.1, -0.05) is 34.8 Å². The van der Waals surface area contributed by atoms with Crippen LogP contribution < -0.4 is 15.8 Å². The van der Waals surface area contributed by atoms with E-state index in [1.54, 1.807) is 19.2 Å². The normalized spacial score (nSPS) is 12.8. The molecule has 1 atom stereocenters. The molecule has 0 aliphatic carbocycles. The smallest absolute Gasteiger partial charge is 0.326 e. The van der Waals surface area contributed by atoms with E-state index in [2.05, 4.69) is 10.3 Å². The number of pyridine rings is 1. The minimum atomic E-state index is -0.763. The third-order valence-electron chi connectivity index (χ3n) is 4.26. The van der Waals surface area contributed by atoms with Gasteiger partial charge in [0.1, 0.15) is 11.9 Å². The van der Waals surface area contributed by atoms with Crippen LogP contribution in [0.15, 0.2) is 24.4 Å². The van der Waals surface area contributed by atoms with E-state index < -0.39 is 17.5 Å². The molecule has 0 saturated carbocycles. The molecule has 0 fully saturated rings. The summed E-state index contributed by atoms with van der Waals surface area (Å²) >= 11 is 18.6. The number of ether oxygens (including phenoxy) is 1. The maximum absolute atomic E-state index is 13.9. The van der Waals surface area contributed by atoms with Crippen molar-refractivity contribution in [1.29, 1.82) is 0 Å². The lowest BCUT2D eigenvalue weighted by Gasteiger charge is -2.21. The van der Waals surface area contributed by atoms with Crippen LogP contribution in [0.2, 0.25) is 15.2 Å². The van der Waals surface area contributed by atoms with Gasteiger partial charge in [-0.05, 0) is 45.9 Å². The van der Waals surface area contributed by atoms with Crippen molar-refractivity contribution < 1.29 is 13.9 Å². The monoisotopic (exact) mass is 472 g/mol. The quantitative estimate of drug-likeness (QED) is 0.350. The van der Waals surface area contributed by atoms with E-state index in [4.69, 9.17) is 45.3 Å². The van der Waals surface area contributed by atoms with Crippen LogP contribution in [-0.4, -0.2) is 21.1 Å². The molecule has 0 aliphatic rings. The van der Waals surface area contributed by atoms with Gasteiger partial charge in [0, 0.05) is 27.7 Å². The number of nitrogens with zero attached hydrogens (tertiary/aromatic N) is 2. The minimum Gasteiger partial charge on any atom is -0.481 e. The molecule has 2 heterocycles. The molecule has 10 heteroatoms. The Morgan fingerprint density at radius 1 is 1.27 bits per heavy atom. The summed E-state index contributed by atoms with van der Waals surface area (Å²) in [7, 11) is 0. The second-order valence-corrected chi connectivity index (χ2v) is 8.91. The van der Waals surface area contributed by atoms with E-state index in [9.17, 15) is 9.18 Å². The van der Waals surface area contributed by atoms with Gasteiger partial charge >= 0.3 is 6.03 Å². The standard InChI is InChI=1S/C20H20Cl3FN4O2/c1-9(13-11(21)5-6-12(24)14(13)22)30-16-10-7-8-28(19(29)27-20(2,3)4)15(10)17(23)26-18(16)25/h5-9H,1-4H3,(H2,25,26)(H,27,29)/t9-/m1/s1. The highest BCUT2D eigenvalue weighted by Gasteiger charge is 2.25. The number of fused-ring (bicyclic) bond motifs is 1. The molecule has 0 bridgehead atoms. The fraction of sp³-hybridized carbons (Fsp3) is 0.300. The average molecular weight is 474 g/mol. The molecule has 0 radical (unpaired) electrons. The average Bonchev–Trinajstić information content (AvgIpc) is 3.06. The van der Waals surface area contributed by atoms with Gasteiger partial charge < -0.3 is 15.8 Å². The van der Waals surface area contributed by atoms with Crippen LogP contribution >= 0.6 is 34.8 Å². The summed E-state index contributed by atoms with van der Waals surface area (Å²) in [5.41, 5.74) is 6.17. The summed E-state index contributed by atoms with van der Waals surface area (Å²) in [6.45, 7) is 7.22. The lowest BCUT2D eigenvalue weighted by Crippen LogP contribution is -2.42. The molecule has 30 heavy (non-hydrogen) atoms. The van der Waals surface area contributed by atoms with Gasteiger partial charge in [0.25, 0.3) is 0 Å². The second kappa shape index (κ2) is 8.13. The lowest BCUT2D eigenvalue weighted by molar-refractivity contribution is 0.230. The van der Waals surface area contributed by atoms with Crippen LogP contribution in [-0.2, 0) is 0 Å². The van der Waals surface area contributed by atoms with E-state index in [0.717, 1.165) is 0 Å². The number of aromatic nitrogens is 2. The zero-order valence-corrected chi connectivity index (χ0v) is 19.0. The van der Waals surface area contributed by atoms with Gasteiger partial charge in [-0.3, -0.25) is 4.57 Å². The lowest BCUT2D eigenvalue weighted by atomic mass is 10.1. The van der Waals surface area contributed by atoms with Crippen molar-refractivity contribution in [2.75, 3.05) is 5.73 Å². The minimum absolute atomic E-state index is 0.0111. The van der Waals surface area contributed by atoms with Gasteiger partial charge in [-0.15, -0.1) is 0 Å². The number of nitrogens with one attached hydrogen (secondary N) is 1. The van der Waals surface area contributed by atoms with Crippen LogP contribution in [0.3, 0.4) is 0 Å². The molecule has 1 amide bonds. The van der Waals surface area contributed by atoms with Crippen molar-refractivity contribution in [3.63, 3.8) is 0 Å². The third kappa shape index (κ3) is 4.29. The molecular formula is C20H20Cl3FN4O2. The highest BCUT2D eigenvalue weighted by atomic mass is 35.5. The first kappa shape index (κ1) is 22.5. The molecule has 3 rings (SSSR count). The molecular weight excluding hydrogens is 454 g/mol. The highest BCUT2D eigenvalue weighted by Crippen LogP contribution is 2.40. The first-order valence-electron chi connectivity index (χ1n) is 8.99. The number of rotatable bonds is 3. The van der Waals surface area contributed by atoms with Gasteiger partial charge in [0.2, 0.25) is 0 Å². The van der Waals surface area contributed by atoms with Gasteiger partial charge in [0.15, 0.2) is 16.7 Å². The molecule has 160 valence electrons. The Balaban J connectivity index is 2.08. The van der Waals surface area contributed by atoms with E-state index in [1.165, 1.54) is 16.7 Å². The van der Waals surface area contributed by atoms with Crippen molar-refractivity contribution in [2.24, 2.45) is 0 Å². The third-order valence-corrected chi connectivity index (χ3v) is 5.24. The van der Waals surface area contributed by atoms with Gasteiger partial charge in [0.05, 0.1) is 10.5 Å². The molecule has 3 N–H and O–H groups in total. The number of nitrogens with two attached hydrogens (primary N) is 1. The summed E-state index contributed by atoms with van der Waals surface area (Å²) < 4.78 is 21.2. The van der Waals surface area contributed by atoms with E-state index in [0.29, 0.717) is 10.9 Å². The zero-order chi connectivity index (χ0) is 22.4. The molecule has 0 spiro atoms. The maximum atomic E-state index is 13.9. The fourth-order valence-corrected chi connectivity index (χ4v) is 3.96. The fourth-order valence-electron chi connectivity index (χ4n) is 3.00. The number of hydrogen-bond acceptors (Lipinski definition) is 4. The summed E-state index contributed by atoms with van der Waals surface area (Å²) in [5.74, 6) is -0.429. The Hall–Kier alpha value is -2.22. The Kier molecular flexibility index (Phi) is 6.09. The van der Waals surface area contributed by atoms with Crippen molar-refractivity contribution in [3.05, 3.63) is 51.0 Å². The summed E-state index contributed by atoms with van der Waals surface area (Å²) in [6, 6.07) is 3.81. The van der Waals surface area contributed by atoms with Crippen LogP contribution in [0.1, 0.15) is 39.4 Å². The number of hydrogen-bond donors (Lipinski definition) is 2. The number of anilines is 1. The summed E-state index contributed by atoms with van der Waals surface area (Å²) in [4.78, 5) is 16.8. The topological polar surface area (TPSA) is 82.2 Å². The number of halogens is 4. The predicted molar refractivity (Wildman–Crippen MR) is 118 cm³/mol. The summed E-state index contributed by atoms with van der Waals surface area (Å²) in [6.07, 6.45) is 0.777. The first-order chi connectivity index (χ1) is 13.9. The van der Waals surface area contributed by atoms with Gasteiger partial charge in [-0.25, -0.2) is 14.2 Å². The Bertz CT molecular complexity index is 1140. The molecule has 0 aliphatic heterocycles. The van der Waals surface area contributed by atoms with E-state index >= 15 is 0 Å². The van der Waals surface area contributed by atoms with Crippen molar-refractivity contribution in [3.8, 4) is 5.75 Å². The molecule has 6 nitrogen and oxygen atoms in total. The zero-order valence-electron chi connectivity index (χ0n) is 16.7. The molecule has 1 aromatic carbocycles. The highest BCUT2D eigenvalue weighted by molar-refractivity contribution is 6.36. The summed E-state index contributed by atoms with van der Waals surface area (Å²) in [5, 5.41) is 3.46. The van der Waals surface area contributed by atoms with Crippen LogP contribution in [0.4, 0.5) is 15.0 Å². The van der Waals surface area contributed by atoms with Crippen molar-refractivity contribution >= 4 is 57.6 Å². The molecule has 0 saturated heterocycles. The Labute approximate surface area is 188 Å². The van der Waals surface area contributed by atoms with E-state index in [-0.39, 0.29) is 38.4 Å². The number of benzene rings is 1. The van der Waals surface area contributed by atoms with Gasteiger partial charge in [-0.2, -0.15) is 0 Å². The van der Waals surface area contributed by atoms with Crippen LogP contribution in [0.25, 0.3) is 10.9 Å². The maximum Gasteiger partial charge on any atom is 0.326 e. The SMILES string of the molecule is C[C@@H](Oc1c(N)nc(Cl)c2c1ccn2C(=O)NC(C)(C)C)c1c(Cl)ccc(F)c1Cl. The molecule has 0 unspecified atom stereocenters. The predicted octanol–water partition coefficient (Wildman–Crippen LogP) is 6.21. The first-order valence-corrected chi connectivity index (χ1v) is 10.1. The number of carbonyl (C=O) groups excluding carboxylic acids is 1. The molecule has 3 aromatic rings. The second-order valence-electron chi connectivity index (χ2n) is 7.76. The largest absolute Gasteiger partial charge is 0.481 e. The van der Waals surface area contributed by atoms with Crippen LogP contribution in [0, 0.1) is 5.82 Å². The van der Waals surface area contributed by atoms with Crippen molar-refractivity contribution in [2.45, 2.75) is 39.3 Å². The number of nitrogen functional groups attached to an aromatic ring is 1. The number of carbonyl (C=O) groups is 1. The molecule has 2 aromatic heterocycles. The Morgan fingerprint density at radius 2 is 1.93 bits per heavy atom. The Morgan fingerprint density at radius 3 is 2.57 bits per heavy atom. The van der Waals surface area contributed by atoms with Crippen LogP contribution in [0.5, 0.6) is 5.75 Å².